The molecule has 9 nitrogen and oxygen atoms in total. The van der Waals surface area contributed by atoms with E-state index in [0.29, 0.717) is 34.0 Å². The van der Waals surface area contributed by atoms with Crippen molar-refractivity contribution in [3.8, 4) is 23.3 Å². The van der Waals surface area contributed by atoms with Crippen molar-refractivity contribution in [2.24, 2.45) is 0 Å². The van der Waals surface area contributed by atoms with Crippen LogP contribution in [0.4, 0.5) is 19.4 Å². The number of fused-ring (bicyclic) bond motifs is 1. The smallest absolute Gasteiger partial charge is 0.407 e. The zero-order valence-electron chi connectivity index (χ0n) is 20.9. The third-order valence-corrected chi connectivity index (χ3v) is 6.94. The summed E-state index contributed by atoms with van der Waals surface area (Å²) in [5, 5.41) is 14.5. The number of ether oxygens (including phenoxy) is 2. The number of nitrogens with two attached hydrogens (primary N) is 1. The molecule has 3 aromatic rings. The number of rotatable bonds is 3. The van der Waals surface area contributed by atoms with Crippen molar-refractivity contribution < 1.29 is 28.2 Å². The van der Waals surface area contributed by atoms with Gasteiger partial charge in [-0.1, -0.05) is 26.7 Å². The third-order valence-electron chi connectivity index (χ3n) is 6.18. The van der Waals surface area contributed by atoms with E-state index < -0.39 is 23.3 Å². The molecule has 1 aliphatic heterocycles. The average Bonchev–Trinajstić information content (AvgIpc) is 3.46. The number of carboxylic acid groups (broad SMARTS) is 1. The van der Waals surface area contributed by atoms with Crippen LogP contribution in [0.5, 0.6) is 11.5 Å². The molecule has 0 bridgehead atoms. The zero-order chi connectivity index (χ0) is 27.2. The minimum atomic E-state index is -1.02. The Bertz CT molecular complexity index is 1440. The Labute approximate surface area is 220 Å². The summed E-state index contributed by atoms with van der Waals surface area (Å²) < 4.78 is 42.1. The van der Waals surface area contributed by atoms with Crippen LogP contribution in [0.3, 0.4) is 0 Å². The maximum absolute atomic E-state index is 14.9. The minimum absolute atomic E-state index is 0.149. The first-order valence-corrected chi connectivity index (χ1v) is 12.2. The summed E-state index contributed by atoms with van der Waals surface area (Å²) >= 11 is 3.65. The van der Waals surface area contributed by atoms with Gasteiger partial charge in [0, 0.05) is 24.6 Å². The highest BCUT2D eigenvalue weighted by Gasteiger charge is 2.32. The second kappa shape index (κ2) is 9.70. The highest BCUT2D eigenvalue weighted by atomic mass is 79.9. The first-order valence-electron chi connectivity index (χ1n) is 11.4. The molecule has 2 aromatic heterocycles. The fraction of sp³-hybridized carbons (Fsp3) is 0.400. The van der Waals surface area contributed by atoms with Crippen LogP contribution < -0.4 is 15.2 Å². The van der Waals surface area contributed by atoms with E-state index in [9.17, 15) is 18.7 Å². The van der Waals surface area contributed by atoms with E-state index >= 15 is 0 Å². The Hall–Kier alpha value is -3.59. The number of carbonyl (C=O) groups is 1. The molecule has 1 amide bonds. The van der Waals surface area contributed by atoms with Crippen molar-refractivity contribution >= 4 is 38.7 Å². The number of methoxy groups -OCH3 is 2. The van der Waals surface area contributed by atoms with Crippen LogP contribution >= 0.6 is 15.9 Å². The van der Waals surface area contributed by atoms with Gasteiger partial charge in [0.2, 0.25) is 0 Å². The number of likely N-dealkylation sites (tertiary alicyclic amines) is 1. The highest BCUT2D eigenvalue weighted by Crippen LogP contribution is 2.40. The number of anilines is 1. The molecule has 3 heterocycles. The lowest BCUT2D eigenvalue weighted by molar-refractivity contribution is 0.154. The van der Waals surface area contributed by atoms with Crippen LogP contribution in [-0.2, 0) is 5.41 Å². The number of halogens is 3. The standard InChI is InChI=1S/C25H26BrF2N5O4/c1-25(2,3)22-18(26)21-17(23(29)30-22)14(31-33(21)12-8-9-32(11-12)24(34)35)7-6-13-19(27)15(36-4)10-16(37-5)20(13)28/h10,12H,8-9,11H2,1-5H3,(H2,29,30)(H,34,35)/t12-/m0/s1. The lowest BCUT2D eigenvalue weighted by atomic mass is 9.91. The lowest BCUT2D eigenvalue weighted by Gasteiger charge is -2.22. The normalized spacial score (nSPS) is 15.6. The molecule has 0 saturated carbocycles. The van der Waals surface area contributed by atoms with Crippen molar-refractivity contribution in [2.45, 2.75) is 38.6 Å². The average molecular weight is 578 g/mol. The van der Waals surface area contributed by atoms with Gasteiger partial charge in [0.15, 0.2) is 23.1 Å². The first kappa shape index (κ1) is 26.5. The Morgan fingerprint density at radius 1 is 1.22 bits per heavy atom. The van der Waals surface area contributed by atoms with E-state index in [-0.39, 0.29) is 41.0 Å². The predicted molar refractivity (Wildman–Crippen MR) is 137 cm³/mol. The van der Waals surface area contributed by atoms with Gasteiger partial charge >= 0.3 is 6.09 Å². The molecule has 0 radical (unpaired) electrons. The van der Waals surface area contributed by atoms with Gasteiger partial charge in [-0.25, -0.2) is 18.6 Å². The SMILES string of the molecule is COc1cc(OC)c(F)c(C#Cc2nn([C@H]3CCN(C(=O)O)C3)c3c(Br)c(C(C)(C)C)nc(N)c23)c1F. The second-order valence-corrected chi connectivity index (χ2v) is 10.4. The fourth-order valence-electron chi connectivity index (χ4n) is 4.31. The molecule has 1 aromatic carbocycles. The van der Waals surface area contributed by atoms with Gasteiger partial charge in [-0.3, -0.25) is 4.68 Å². The number of aromatic nitrogens is 3. The number of amides is 1. The monoisotopic (exact) mass is 577 g/mol. The van der Waals surface area contributed by atoms with Crippen molar-refractivity contribution in [3.05, 3.63) is 39.1 Å². The molecular weight excluding hydrogens is 552 g/mol. The summed E-state index contributed by atoms with van der Waals surface area (Å²) in [7, 11) is 2.50. The van der Waals surface area contributed by atoms with Gasteiger partial charge in [-0.05, 0) is 28.3 Å². The first-order chi connectivity index (χ1) is 17.4. The number of pyridine rings is 1. The molecule has 37 heavy (non-hydrogen) atoms. The maximum atomic E-state index is 14.9. The molecule has 1 atom stereocenters. The van der Waals surface area contributed by atoms with Gasteiger partial charge in [-0.15, -0.1) is 0 Å². The van der Waals surface area contributed by atoms with Gasteiger partial charge in [-0.2, -0.15) is 5.10 Å². The van der Waals surface area contributed by atoms with Crippen LogP contribution in [0, 0.1) is 23.5 Å². The zero-order valence-corrected chi connectivity index (χ0v) is 22.5. The number of hydrogen-bond acceptors (Lipinski definition) is 6. The molecule has 1 saturated heterocycles. The molecule has 3 N–H and O–H groups in total. The van der Waals surface area contributed by atoms with Crippen molar-refractivity contribution in [1.82, 2.24) is 19.7 Å². The van der Waals surface area contributed by atoms with Crippen molar-refractivity contribution in [3.63, 3.8) is 0 Å². The number of hydrogen-bond donors (Lipinski definition) is 2. The summed E-state index contributed by atoms with van der Waals surface area (Å²) in [6.45, 7) is 6.50. The summed E-state index contributed by atoms with van der Waals surface area (Å²) in [5.41, 5.74) is 6.87. The van der Waals surface area contributed by atoms with Crippen LogP contribution in [0.2, 0.25) is 0 Å². The summed E-state index contributed by atoms with van der Waals surface area (Å²) in [6, 6.07) is 0.798. The summed E-state index contributed by atoms with van der Waals surface area (Å²) in [5.74, 6) is 3.01. The number of benzene rings is 1. The number of nitrogen functional groups attached to an aromatic ring is 1. The molecule has 0 spiro atoms. The van der Waals surface area contributed by atoms with E-state index in [4.69, 9.17) is 15.2 Å². The van der Waals surface area contributed by atoms with Crippen LogP contribution in [0.15, 0.2) is 10.5 Å². The summed E-state index contributed by atoms with van der Waals surface area (Å²) in [4.78, 5) is 17.4. The molecule has 12 heteroatoms. The van der Waals surface area contributed by atoms with Gasteiger partial charge in [0.05, 0.1) is 41.3 Å². The molecular formula is C25H26BrF2N5O4. The van der Waals surface area contributed by atoms with E-state index in [1.165, 1.54) is 19.1 Å². The molecule has 0 aliphatic carbocycles. The molecule has 1 fully saturated rings. The minimum Gasteiger partial charge on any atom is -0.493 e. The van der Waals surface area contributed by atoms with E-state index in [1.54, 1.807) is 4.68 Å². The Kier molecular flexibility index (Phi) is 6.94. The van der Waals surface area contributed by atoms with Crippen molar-refractivity contribution in [2.75, 3.05) is 33.0 Å². The van der Waals surface area contributed by atoms with E-state index in [2.05, 4.69) is 37.9 Å². The maximum Gasteiger partial charge on any atom is 0.407 e. The lowest BCUT2D eigenvalue weighted by Crippen LogP contribution is -2.27. The largest absolute Gasteiger partial charge is 0.493 e. The summed E-state index contributed by atoms with van der Waals surface area (Å²) in [6.07, 6.45) is -0.501. The van der Waals surface area contributed by atoms with Crippen molar-refractivity contribution in [1.29, 1.82) is 0 Å². The highest BCUT2D eigenvalue weighted by molar-refractivity contribution is 9.10. The molecule has 0 unspecified atom stereocenters. The fourth-order valence-corrected chi connectivity index (χ4v) is 5.37. The van der Waals surface area contributed by atoms with Crippen LogP contribution in [0.1, 0.15) is 50.2 Å². The predicted octanol–water partition coefficient (Wildman–Crippen LogP) is 4.69. The van der Waals surface area contributed by atoms with E-state index in [0.717, 1.165) is 6.07 Å². The molecule has 196 valence electrons. The quantitative estimate of drug-likeness (QED) is 0.434. The van der Waals surface area contributed by atoms with Gasteiger partial charge in [0.25, 0.3) is 0 Å². The molecule has 1 aliphatic rings. The second-order valence-electron chi connectivity index (χ2n) is 9.63. The molecule has 4 rings (SSSR count). The van der Waals surface area contributed by atoms with Gasteiger partial charge in [0.1, 0.15) is 17.1 Å². The van der Waals surface area contributed by atoms with Crippen LogP contribution in [0.25, 0.3) is 10.9 Å². The van der Waals surface area contributed by atoms with Gasteiger partial charge < -0.3 is 25.2 Å². The Morgan fingerprint density at radius 2 is 1.84 bits per heavy atom. The number of nitrogens with zero attached hydrogens (tertiary/aromatic N) is 4. The third kappa shape index (κ3) is 4.64. The van der Waals surface area contributed by atoms with Crippen LogP contribution in [-0.4, -0.2) is 58.2 Å². The topological polar surface area (TPSA) is 116 Å². The Morgan fingerprint density at radius 3 is 2.35 bits per heavy atom. The van der Waals surface area contributed by atoms with E-state index in [1.807, 2.05) is 20.8 Å². The Balaban J connectivity index is 1.97.